The molecule has 0 radical (unpaired) electrons. The molecule has 2 aromatic carbocycles. The lowest BCUT2D eigenvalue weighted by molar-refractivity contribution is -0.117. The maximum absolute atomic E-state index is 13.8. The van der Waals surface area contributed by atoms with Gasteiger partial charge in [-0.2, -0.15) is 0 Å². The van der Waals surface area contributed by atoms with Crippen molar-refractivity contribution in [2.75, 3.05) is 23.3 Å². The monoisotopic (exact) mass is 389 g/mol. The second-order valence-electron chi connectivity index (χ2n) is 6.03. The van der Waals surface area contributed by atoms with E-state index in [1.54, 1.807) is 29.2 Å². The van der Waals surface area contributed by atoms with E-state index in [9.17, 15) is 18.8 Å². The van der Waals surface area contributed by atoms with Gasteiger partial charge in [-0.3, -0.25) is 14.4 Å². The van der Waals surface area contributed by atoms with E-state index < -0.39 is 17.6 Å². The average molecular weight is 390 g/mol. The third kappa shape index (κ3) is 4.43. The number of amides is 3. The van der Waals surface area contributed by atoms with Crippen LogP contribution < -0.4 is 15.5 Å². The second kappa shape index (κ2) is 8.18. The minimum absolute atomic E-state index is 0.0543. The van der Waals surface area contributed by atoms with Crippen molar-refractivity contribution in [2.45, 2.75) is 12.8 Å². The fraction of sp³-hybridized carbons (Fsp3) is 0.211. The van der Waals surface area contributed by atoms with Gasteiger partial charge in [0.05, 0.1) is 17.3 Å². The highest BCUT2D eigenvalue weighted by Gasteiger charge is 2.21. The molecular weight excluding hydrogens is 373 g/mol. The Morgan fingerprint density at radius 2 is 1.89 bits per heavy atom. The predicted molar refractivity (Wildman–Crippen MR) is 100 cm³/mol. The van der Waals surface area contributed by atoms with Crippen LogP contribution in [0.2, 0.25) is 5.02 Å². The van der Waals surface area contributed by atoms with Gasteiger partial charge in [0.15, 0.2) is 5.82 Å². The number of halogens is 2. The van der Waals surface area contributed by atoms with Crippen molar-refractivity contribution in [1.82, 2.24) is 5.32 Å². The lowest BCUT2D eigenvalue weighted by Gasteiger charge is -2.15. The fourth-order valence-electron chi connectivity index (χ4n) is 2.77. The molecule has 0 atom stereocenters. The van der Waals surface area contributed by atoms with Crippen molar-refractivity contribution in [3.05, 3.63) is 58.9 Å². The Kier molecular flexibility index (Phi) is 5.71. The van der Waals surface area contributed by atoms with Gasteiger partial charge in [-0.25, -0.2) is 4.39 Å². The Labute approximate surface area is 160 Å². The molecule has 2 aromatic rings. The van der Waals surface area contributed by atoms with Crippen LogP contribution in [0.25, 0.3) is 0 Å². The fourth-order valence-corrected chi connectivity index (χ4v) is 2.95. The average Bonchev–Trinajstić information content (AvgIpc) is 3.09. The summed E-state index contributed by atoms with van der Waals surface area (Å²) in [4.78, 5) is 37.5. The van der Waals surface area contributed by atoms with Crippen LogP contribution in [-0.4, -0.2) is 30.8 Å². The Balaban J connectivity index is 1.55. The summed E-state index contributed by atoms with van der Waals surface area (Å²) in [5.74, 6) is -1.69. The molecule has 0 aromatic heterocycles. The Bertz CT molecular complexity index is 886. The molecule has 0 bridgehead atoms. The van der Waals surface area contributed by atoms with Gasteiger partial charge < -0.3 is 15.5 Å². The van der Waals surface area contributed by atoms with E-state index in [-0.39, 0.29) is 23.2 Å². The topological polar surface area (TPSA) is 78.5 Å². The summed E-state index contributed by atoms with van der Waals surface area (Å²) in [7, 11) is 0. The summed E-state index contributed by atoms with van der Waals surface area (Å²) >= 11 is 5.65. The number of hydrogen-bond acceptors (Lipinski definition) is 3. The quantitative estimate of drug-likeness (QED) is 0.825. The van der Waals surface area contributed by atoms with Gasteiger partial charge in [0, 0.05) is 24.2 Å². The Morgan fingerprint density at radius 1 is 1.15 bits per heavy atom. The molecule has 0 saturated carbocycles. The maximum Gasteiger partial charge on any atom is 0.251 e. The van der Waals surface area contributed by atoms with E-state index in [4.69, 9.17) is 11.6 Å². The minimum Gasteiger partial charge on any atom is -0.343 e. The Hall–Kier alpha value is -2.93. The van der Waals surface area contributed by atoms with Gasteiger partial charge in [0.2, 0.25) is 11.8 Å². The first-order valence-corrected chi connectivity index (χ1v) is 8.76. The number of rotatable bonds is 5. The van der Waals surface area contributed by atoms with Gasteiger partial charge in [-0.1, -0.05) is 17.7 Å². The molecule has 1 aliphatic rings. The van der Waals surface area contributed by atoms with Crippen molar-refractivity contribution in [3.63, 3.8) is 0 Å². The van der Waals surface area contributed by atoms with E-state index in [0.717, 1.165) is 12.1 Å². The third-order valence-corrected chi connectivity index (χ3v) is 4.44. The zero-order valence-corrected chi connectivity index (χ0v) is 15.1. The molecule has 8 heteroatoms. The Morgan fingerprint density at radius 3 is 2.56 bits per heavy atom. The largest absolute Gasteiger partial charge is 0.343 e. The van der Waals surface area contributed by atoms with Crippen LogP contribution >= 0.6 is 11.6 Å². The first-order chi connectivity index (χ1) is 13.0. The van der Waals surface area contributed by atoms with Crippen LogP contribution in [0.1, 0.15) is 23.2 Å². The first-order valence-electron chi connectivity index (χ1n) is 8.38. The second-order valence-corrected chi connectivity index (χ2v) is 6.44. The molecule has 27 heavy (non-hydrogen) atoms. The molecule has 140 valence electrons. The van der Waals surface area contributed by atoms with Crippen LogP contribution in [0.3, 0.4) is 0 Å². The molecule has 3 rings (SSSR count). The van der Waals surface area contributed by atoms with E-state index in [1.807, 2.05) is 0 Å². The molecule has 1 fully saturated rings. The van der Waals surface area contributed by atoms with E-state index in [2.05, 4.69) is 10.6 Å². The number of carbonyl (C=O) groups excluding carboxylic acids is 3. The van der Waals surface area contributed by atoms with Gasteiger partial charge >= 0.3 is 0 Å². The summed E-state index contributed by atoms with van der Waals surface area (Å²) in [5.41, 5.74) is 1.04. The van der Waals surface area contributed by atoms with Crippen molar-refractivity contribution in [1.29, 1.82) is 0 Å². The third-order valence-electron chi connectivity index (χ3n) is 4.15. The smallest absolute Gasteiger partial charge is 0.251 e. The maximum atomic E-state index is 13.8. The standard InChI is InChI=1S/C19H17ClFN3O3/c20-14-3-1-4-15(18(14)21)23-16(25)11-22-19(27)12-6-8-13(9-7-12)24-10-2-5-17(24)26/h1,3-4,6-9H,2,5,10-11H2,(H,22,27)(H,23,25). The number of hydrogen-bond donors (Lipinski definition) is 2. The number of nitrogens with one attached hydrogen (secondary N) is 2. The molecule has 2 N–H and O–H groups in total. The number of benzene rings is 2. The van der Waals surface area contributed by atoms with E-state index in [0.29, 0.717) is 18.5 Å². The predicted octanol–water partition coefficient (Wildman–Crippen LogP) is 2.97. The van der Waals surface area contributed by atoms with Crippen LogP contribution in [0.5, 0.6) is 0 Å². The molecule has 1 saturated heterocycles. The lowest BCUT2D eigenvalue weighted by atomic mass is 10.2. The SMILES string of the molecule is O=C(CNC(=O)c1ccc(N2CCCC2=O)cc1)Nc1cccc(Cl)c1F. The number of nitrogens with zero attached hydrogens (tertiary/aromatic N) is 1. The van der Waals surface area contributed by atoms with Gasteiger partial charge in [-0.05, 0) is 42.8 Å². The highest BCUT2D eigenvalue weighted by molar-refractivity contribution is 6.31. The molecule has 0 unspecified atom stereocenters. The van der Waals surface area contributed by atoms with Crippen LogP contribution in [0.4, 0.5) is 15.8 Å². The van der Waals surface area contributed by atoms with Crippen molar-refractivity contribution in [3.8, 4) is 0 Å². The van der Waals surface area contributed by atoms with Crippen LogP contribution in [0.15, 0.2) is 42.5 Å². The van der Waals surface area contributed by atoms with Crippen molar-refractivity contribution in [2.24, 2.45) is 0 Å². The van der Waals surface area contributed by atoms with Crippen molar-refractivity contribution < 1.29 is 18.8 Å². The summed E-state index contributed by atoms with van der Waals surface area (Å²) < 4.78 is 13.8. The summed E-state index contributed by atoms with van der Waals surface area (Å²) in [6.45, 7) is 0.349. The minimum atomic E-state index is -0.731. The normalized spacial score (nSPS) is 13.6. The highest BCUT2D eigenvalue weighted by atomic mass is 35.5. The van der Waals surface area contributed by atoms with Crippen LogP contribution in [0, 0.1) is 5.82 Å². The van der Waals surface area contributed by atoms with E-state index in [1.165, 1.54) is 18.2 Å². The van der Waals surface area contributed by atoms with Crippen molar-refractivity contribution >= 4 is 40.7 Å². The molecule has 1 heterocycles. The van der Waals surface area contributed by atoms with Gasteiger partial charge in [0.1, 0.15) is 0 Å². The molecule has 3 amide bonds. The van der Waals surface area contributed by atoms with Gasteiger partial charge in [0.25, 0.3) is 5.91 Å². The molecule has 0 spiro atoms. The first kappa shape index (κ1) is 18.8. The summed E-state index contributed by atoms with van der Waals surface area (Å²) in [6.07, 6.45) is 1.36. The van der Waals surface area contributed by atoms with Gasteiger partial charge in [-0.15, -0.1) is 0 Å². The molecule has 6 nitrogen and oxygen atoms in total. The molecule has 1 aliphatic heterocycles. The number of carbonyl (C=O) groups is 3. The zero-order valence-electron chi connectivity index (χ0n) is 14.3. The molecule has 0 aliphatic carbocycles. The summed E-state index contributed by atoms with van der Waals surface area (Å²) in [5, 5.41) is 4.71. The van der Waals surface area contributed by atoms with E-state index >= 15 is 0 Å². The zero-order chi connectivity index (χ0) is 19.4. The summed E-state index contributed by atoms with van der Waals surface area (Å²) in [6, 6.07) is 10.8. The number of anilines is 2. The highest BCUT2D eigenvalue weighted by Crippen LogP contribution is 2.22. The lowest BCUT2D eigenvalue weighted by Crippen LogP contribution is -2.33. The van der Waals surface area contributed by atoms with Crippen LogP contribution in [-0.2, 0) is 9.59 Å². The molecular formula is C19H17ClFN3O3.